The monoisotopic (exact) mass is 322 g/mol. The molecular formula is C17H30N4O2. The molecule has 6 heteroatoms. The van der Waals surface area contributed by atoms with E-state index < -0.39 is 0 Å². The van der Waals surface area contributed by atoms with E-state index in [4.69, 9.17) is 0 Å². The van der Waals surface area contributed by atoms with E-state index in [1.54, 1.807) is 0 Å². The van der Waals surface area contributed by atoms with Crippen molar-refractivity contribution >= 4 is 11.9 Å². The number of nitrogens with one attached hydrogen (secondary N) is 2. The molecule has 3 rings (SSSR count). The quantitative estimate of drug-likeness (QED) is 0.816. The average molecular weight is 322 g/mol. The Morgan fingerprint density at radius 3 is 2.17 bits per heavy atom. The van der Waals surface area contributed by atoms with Crippen molar-refractivity contribution in [2.45, 2.75) is 45.1 Å². The predicted molar refractivity (Wildman–Crippen MR) is 89.1 cm³/mol. The van der Waals surface area contributed by atoms with Gasteiger partial charge in [0, 0.05) is 38.1 Å². The second kappa shape index (κ2) is 7.51. The molecule has 3 amide bonds. The van der Waals surface area contributed by atoms with Crippen LogP contribution < -0.4 is 10.6 Å². The van der Waals surface area contributed by atoms with Gasteiger partial charge in [-0.3, -0.25) is 4.79 Å². The highest BCUT2D eigenvalue weighted by Crippen LogP contribution is 2.20. The summed E-state index contributed by atoms with van der Waals surface area (Å²) in [5.74, 6) is 0.831. The van der Waals surface area contributed by atoms with E-state index in [1.807, 2.05) is 16.7 Å². The maximum Gasteiger partial charge on any atom is 0.317 e. The van der Waals surface area contributed by atoms with Crippen molar-refractivity contribution in [3.05, 3.63) is 0 Å². The van der Waals surface area contributed by atoms with Crippen LogP contribution in [0.5, 0.6) is 0 Å². The number of carbonyl (C=O) groups excluding carboxylic acids is 2. The lowest BCUT2D eigenvalue weighted by Crippen LogP contribution is -2.57. The summed E-state index contributed by atoms with van der Waals surface area (Å²) >= 11 is 0. The van der Waals surface area contributed by atoms with Crippen LogP contribution in [0.4, 0.5) is 4.79 Å². The van der Waals surface area contributed by atoms with Gasteiger partial charge in [0.15, 0.2) is 0 Å². The van der Waals surface area contributed by atoms with Crippen molar-refractivity contribution in [1.82, 2.24) is 20.4 Å². The van der Waals surface area contributed by atoms with Crippen molar-refractivity contribution in [1.29, 1.82) is 0 Å². The maximum atomic E-state index is 12.5. The Morgan fingerprint density at radius 1 is 1.00 bits per heavy atom. The zero-order valence-corrected chi connectivity index (χ0v) is 14.2. The van der Waals surface area contributed by atoms with Gasteiger partial charge >= 0.3 is 6.03 Å². The molecule has 3 aliphatic rings. The minimum Gasteiger partial charge on any atom is -0.339 e. The molecule has 2 N–H and O–H groups in total. The maximum absolute atomic E-state index is 12.5. The summed E-state index contributed by atoms with van der Waals surface area (Å²) in [4.78, 5) is 28.7. The van der Waals surface area contributed by atoms with E-state index in [9.17, 15) is 9.59 Å². The molecule has 2 aliphatic heterocycles. The Morgan fingerprint density at radius 2 is 1.61 bits per heavy atom. The fraction of sp³-hybridized carbons (Fsp3) is 0.882. The molecule has 0 spiro atoms. The highest BCUT2D eigenvalue weighted by molar-refractivity contribution is 5.80. The molecule has 0 aromatic heterocycles. The molecule has 1 atom stereocenters. The van der Waals surface area contributed by atoms with Gasteiger partial charge in [-0.2, -0.15) is 0 Å². The van der Waals surface area contributed by atoms with Crippen molar-refractivity contribution in [3.8, 4) is 0 Å². The Labute approximate surface area is 139 Å². The number of rotatable bonds is 3. The molecular weight excluding hydrogens is 292 g/mol. The first-order valence-corrected chi connectivity index (χ1v) is 9.20. The largest absolute Gasteiger partial charge is 0.339 e. The predicted octanol–water partition coefficient (Wildman–Crippen LogP) is 1.03. The number of carbonyl (C=O) groups is 2. The summed E-state index contributed by atoms with van der Waals surface area (Å²) in [5.41, 5.74) is 0. The van der Waals surface area contributed by atoms with Gasteiger partial charge in [-0.25, -0.2) is 4.79 Å². The highest BCUT2D eigenvalue weighted by atomic mass is 16.2. The molecule has 130 valence electrons. The van der Waals surface area contributed by atoms with Gasteiger partial charge < -0.3 is 20.4 Å². The number of urea groups is 1. The third-order valence-corrected chi connectivity index (χ3v) is 5.72. The standard InChI is InChI=1S/C17H30N4O2/c1-13(14-11-18-12-14)16(22)20-7-9-21(10-8-20)17(23)19-15-5-3-2-4-6-15/h13-15,18H,2-12H2,1H3,(H,19,23). The van der Waals surface area contributed by atoms with Crippen LogP contribution in [-0.4, -0.2) is 67.0 Å². The first kappa shape index (κ1) is 16.6. The normalized spacial score (nSPS) is 24.9. The van der Waals surface area contributed by atoms with Crippen LogP contribution >= 0.6 is 0 Å². The van der Waals surface area contributed by atoms with Gasteiger partial charge in [0.05, 0.1) is 0 Å². The van der Waals surface area contributed by atoms with E-state index in [0.29, 0.717) is 38.1 Å². The van der Waals surface area contributed by atoms with Crippen LogP contribution in [0.1, 0.15) is 39.0 Å². The van der Waals surface area contributed by atoms with Crippen LogP contribution in [0.3, 0.4) is 0 Å². The lowest BCUT2D eigenvalue weighted by molar-refractivity contribution is -0.138. The molecule has 0 aromatic carbocycles. The van der Waals surface area contributed by atoms with Gasteiger partial charge in [-0.1, -0.05) is 26.2 Å². The molecule has 1 saturated carbocycles. The van der Waals surface area contributed by atoms with Gasteiger partial charge in [0.25, 0.3) is 0 Å². The summed E-state index contributed by atoms with van der Waals surface area (Å²) in [7, 11) is 0. The van der Waals surface area contributed by atoms with Gasteiger partial charge in [-0.15, -0.1) is 0 Å². The summed E-state index contributed by atoms with van der Waals surface area (Å²) in [6.45, 7) is 6.59. The van der Waals surface area contributed by atoms with Gasteiger partial charge in [-0.05, 0) is 31.8 Å². The molecule has 3 fully saturated rings. The van der Waals surface area contributed by atoms with Gasteiger partial charge in [0.2, 0.25) is 5.91 Å². The second-order valence-corrected chi connectivity index (χ2v) is 7.30. The SMILES string of the molecule is CC(C(=O)N1CCN(C(=O)NC2CCCCC2)CC1)C1CNC1. The molecule has 1 unspecified atom stereocenters. The number of nitrogens with zero attached hydrogens (tertiary/aromatic N) is 2. The molecule has 0 radical (unpaired) electrons. The van der Waals surface area contributed by atoms with E-state index in [-0.39, 0.29) is 17.9 Å². The molecule has 0 bridgehead atoms. The Balaban J connectivity index is 1.42. The van der Waals surface area contributed by atoms with E-state index in [2.05, 4.69) is 10.6 Å². The van der Waals surface area contributed by atoms with Crippen molar-refractivity contribution in [3.63, 3.8) is 0 Å². The average Bonchev–Trinajstić information content (AvgIpc) is 2.53. The van der Waals surface area contributed by atoms with Crippen LogP contribution in [0.2, 0.25) is 0 Å². The molecule has 23 heavy (non-hydrogen) atoms. The van der Waals surface area contributed by atoms with Crippen molar-refractivity contribution in [2.75, 3.05) is 39.3 Å². The lowest BCUT2D eigenvalue weighted by Gasteiger charge is -2.39. The van der Waals surface area contributed by atoms with E-state index >= 15 is 0 Å². The fourth-order valence-electron chi connectivity index (χ4n) is 3.80. The molecule has 1 aliphatic carbocycles. The Kier molecular flexibility index (Phi) is 5.41. The minimum absolute atomic E-state index is 0.0558. The molecule has 2 saturated heterocycles. The van der Waals surface area contributed by atoms with E-state index in [0.717, 1.165) is 25.9 Å². The fourth-order valence-corrected chi connectivity index (χ4v) is 3.80. The zero-order chi connectivity index (χ0) is 16.2. The van der Waals surface area contributed by atoms with Crippen molar-refractivity contribution < 1.29 is 9.59 Å². The molecule has 6 nitrogen and oxygen atoms in total. The topological polar surface area (TPSA) is 64.7 Å². The summed E-state index contributed by atoms with van der Waals surface area (Å²) in [6.07, 6.45) is 5.96. The summed E-state index contributed by atoms with van der Waals surface area (Å²) < 4.78 is 0. The highest BCUT2D eigenvalue weighted by Gasteiger charge is 2.33. The van der Waals surface area contributed by atoms with Crippen LogP contribution in [0, 0.1) is 11.8 Å². The number of hydrogen-bond acceptors (Lipinski definition) is 3. The lowest BCUT2D eigenvalue weighted by atomic mass is 9.88. The number of amides is 3. The Hall–Kier alpha value is -1.30. The molecule has 2 heterocycles. The number of hydrogen-bond donors (Lipinski definition) is 2. The number of piperazine rings is 1. The zero-order valence-electron chi connectivity index (χ0n) is 14.2. The summed E-state index contributed by atoms with van der Waals surface area (Å²) in [5, 5.41) is 6.40. The van der Waals surface area contributed by atoms with E-state index in [1.165, 1.54) is 19.3 Å². The second-order valence-electron chi connectivity index (χ2n) is 7.30. The summed E-state index contributed by atoms with van der Waals surface area (Å²) in [6, 6.07) is 0.405. The first-order valence-electron chi connectivity index (χ1n) is 9.20. The first-order chi connectivity index (χ1) is 11.1. The van der Waals surface area contributed by atoms with Crippen LogP contribution in [0.25, 0.3) is 0 Å². The third kappa shape index (κ3) is 3.97. The van der Waals surface area contributed by atoms with Crippen LogP contribution in [0.15, 0.2) is 0 Å². The van der Waals surface area contributed by atoms with Gasteiger partial charge in [0.1, 0.15) is 0 Å². The smallest absolute Gasteiger partial charge is 0.317 e. The van der Waals surface area contributed by atoms with Crippen LogP contribution in [-0.2, 0) is 4.79 Å². The minimum atomic E-state index is 0.0558. The third-order valence-electron chi connectivity index (χ3n) is 5.72. The Bertz CT molecular complexity index is 424. The molecule has 0 aromatic rings. The van der Waals surface area contributed by atoms with Crippen molar-refractivity contribution in [2.24, 2.45) is 11.8 Å².